The van der Waals surface area contributed by atoms with Crippen molar-refractivity contribution in [2.24, 2.45) is 5.92 Å². The van der Waals surface area contributed by atoms with Gasteiger partial charge in [-0.15, -0.1) is 0 Å². The molecule has 3 heteroatoms. The molecule has 3 aromatic rings. The molecule has 0 fully saturated rings. The van der Waals surface area contributed by atoms with Crippen LogP contribution in [0.15, 0.2) is 66.9 Å². The second kappa shape index (κ2) is 9.45. The van der Waals surface area contributed by atoms with Gasteiger partial charge in [0.1, 0.15) is 0 Å². The molecule has 0 radical (unpaired) electrons. The molecule has 0 aliphatic rings. The molecule has 2 aromatic carbocycles. The number of aryl methyl sites for hydroxylation is 1. The van der Waals surface area contributed by atoms with Gasteiger partial charge in [0.25, 0.3) is 0 Å². The highest BCUT2D eigenvalue weighted by atomic mass is 35.5. The van der Waals surface area contributed by atoms with Crippen molar-refractivity contribution in [2.45, 2.75) is 53.4 Å². The second-order valence-corrected chi connectivity index (χ2v) is 8.57. The Labute approximate surface area is 174 Å². The van der Waals surface area contributed by atoms with E-state index >= 15 is 0 Å². The van der Waals surface area contributed by atoms with Gasteiger partial charge in [0.15, 0.2) is 0 Å². The highest BCUT2D eigenvalue weighted by molar-refractivity contribution is 6.30. The fourth-order valence-electron chi connectivity index (χ4n) is 3.60. The molecular weight excluding hydrogens is 364 g/mol. The van der Waals surface area contributed by atoms with Gasteiger partial charge in [0.2, 0.25) is 0 Å². The van der Waals surface area contributed by atoms with E-state index in [9.17, 15) is 0 Å². The molecule has 2 nitrogen and oxygen atoms in total. The van der Waals surface area contributed by atoms with E-state index in [0.29, 0.717) is 12.0 Å². The summed E-state index contributed by atoms with van der Waals surface area (Å²) in [4.78, 5) is 2.55. The number of halogens is 1. The maximum absolute atomic E-state index is 6.22. The number of nitrogens with zero attached hydrogens (tertiary/aromatic N) is 2. The van der Waals surface area contributed by atoms with Crippen LogP contribution in [0.3, 0.4) is 0 Å². The maximum Gasteiger partial charge on any atom is 0.0473 e. The Balaban J connectivity index is 1.80. The van der Waals surface area contributed by atoms with Crippen molar-refractivity contribution < 1.29 is 0 Å². The maximum atomic E-state index is 6.22. The second-order valence-electron chi connectivity index (χ2n) is 8.14. The molecule has 0 spiro atoms. The minimum absolute atomic E-state index is 0.473. The first-order valence-corrected chi connectivity index (χ1v) is 10.5. The topological polar surface area (TPSA) is 8.17 Å². The Morgan fingerprint density at radius 2 is 1.64 bits per heavy atom. The Bertz CT molecular complexity index is 897. The zero-order valence-electron chi connectivity index (χ0n) is 17.4. The molecule has 0 amide bonds. The molecule has 28 heavy (non-hydrogen) atoms. The SMILES string of the molecule is Cc1cccc(Cn2cccc2CN(Cc2cccc(Cl)c2)[C@@H](C)C(C)C)c1. The first-order chi connectivity index (χ1) is 13.4. The molecule has 0 bridgehead atoms. The summed E-state index contributed by atoms with van der Waals surface area (Å²) in [7, 11) is 0. The van der Waals surface area contributed by atoms with E-state index in [2.05, 4.69) is 91.9 Å². The summed E-state index contributed by atoms with van der Waals surface area (Å²) in [6, 6.07) is 21.9. The molecule has 0 saturated carbocycles. The third-order valence-electron chi connectivity index (χ3n) is 5.54. The largest absolute Gasteiger partial charge is 0.346 e. The first-order valence-electron chi connectivity index (χ1n) is 10.1. The summed E-state index contributed by atoms with van der Waals surface area (Å²) in [5.41, 5.74) is 5.26. The molecule has 1 heterocycles. The molecule has 3 rings (SSSR count). The van der Waals surface area contributed by atoms with Crippen LogP contribution in [0.2, 0.25) is 5.02 Å². The summed E-state index contributed by atoms with van der Waals surface area (Å²) in [5.74, 6) is 0.583. The standard InChI is InChI=1S/C25H31ClN2/c1-19(2)21(4)28(17-23-10-6-11-24(26)15-23)18-25-12-7-13-27(25)16-22-9-5-8-20(3)14-22/h5-15,19,21H,16-18H2,1-4H3/t21-/m0/s1. The summed E-state index contributed by atoms with van der Waals surface area (Å²) in [6.45, 7) is 11.8. The van der Waals surface area contributed by atoms with Gasteiger partial charge in [-0.3, -0.25) is 4.90 Å². The van der Waals surface area contributed by atoms with E-state index in [1.807, 2.05) is 12.1 Å². The lowest BCUT2D eigenvalue weighted by atomic mass is 10.0. The summed E-state index contributed by atoms with van der Waals surface area (Å²) >= 11 is 6.22. The minimum Gasteiger partial charge on any atom is -0.346 e. The van der Waals surface area contributed by atoms with E-state index in [-0.39, 0.29) is 0 Å². The quantitative estimate of drug-likeness (QED) is 0.420. The van der Waals surface area contributed by atoms with Gasteiger partial charge < -0.3 is 4.57 Å². The molecule has 0 unspecified atom stereocenters. The third kappa shape index (κ3) is 5.50. The third-order valence-corrected chi connectivity index (χ3v) is 5.77. The molecule has 0 N–H and O–H groups in total. The van der Waals surface area contributed by atoms with Gasteiger partial charge in [-0.1, -0.05) is 67.4 Å². The molecule has 0 aliphatic heterocycles. The molecule has 148 valence electrons. The monoisotopic (exact) mass is 394 g/mol. The fraction of sp³-hybridized carbons (Fsp3) is 0.360. The number of hydrogen-bond acceptors (Lipinski definition) is 1. The normalized spacial score (nSPS) is 12.7. The van der Waals surface area contributed by atoms with Crippen LogP contribution in [0.1, 0.15) is 43.2 Å². The van der Waals surface area contributed by atoms with Crippen LogP contribution in [0.4, 0.5) is 0 Å². The lowest BCUT2D eigenvalue weighted by Crippen LogP contribution is -2.36. The highest BCUT2D eigenvalue weighted by Gasteiger charge is 2.19. The van der Waals surface area contributed by atoms with Gasteiger partial charge in [-0.2, -0.15) is 0 Å². The molecule has 0 aliphatic carbocycles. The van der Waals surface area contributed by atoms with Crippen LogP contribution < -0.4 is 0 Å². The summed E-state index contributed by atoms with van der Waals surface area (Å²) in [5, 5.41) is 0.803. The predicted octanol–water partition coefficient (Wildman–Crippen LogP) is 6.54. The van der Waals surface area contributed by atoms with E-state index in [1.165, 1.54) is 22.4 Å². The van der Waals surface area contributed by atoms with Gasteiger partial charge in [-0.25, -0.2) is 0 Å². The van der Waals surface area contributed by atoms with Gasteiger partial charge in [-0.05, 0) is 55.2 Å². The molecular formula is C25H31ClN2. The average Bonchev–Trinajstić information content (AvgIpc) is 3.07. The van der Waals surface area contributed by atoms with Crippen LogP contribution in [-0.4, -0.2) is 15.5 Å². The van der Waals surface area contributed by atoms with Crippen molar-refractivity contribution in [1.82, 2.24) is 9.47 Å². The number of hydrogen-bond donors (Lipinski definition) is 0. The van der Waals surface area contributed by atoms with Gasteiger partial charge in [0.05, 0.1) is 0 Å². The Hall–Kier alpha value is -2.03. The van der Waals surface area contributed by atoms with Crippen molar-refractivity contribution in [3.8, 4) is 0 Å². The van der Waals surface area contributed by atoms with Crippen molar-refractivity contribution in [1.29, 1.82) is 0 Å². The van der Waals surface area contributed by atoms with Crippen LogP contribution >= 0.6 is 11.6 Å². The van der Waals surface area contributed by atoms with Crippen molar-refractivity contribution in [3.63, 3.8) is 0 Å². The van der Waals surface area contributed by atoms with Crippen molar-refractivity contribution in [3.05, 3.63) is 94.3 Å². The zero-order chi connectivity index (χ0) is 20.1. The smallest absolute Gasteiger partial charge is 0.0473 e. The van der Waals surface area contributed by atoms with Gasteiger partial charge in [0, 0.05) is 42.6 Å². The lowest BCUT2D eigenvalue weighted by Gasteiger charge is -2.32. The zero-order valence-corrected chi connectivity index (χ0v) is 18.2. The Morgan fingerprint density at radius 1 is 0.893 bits per heavy atom. The molecule has 0 saturated heterocycles. The van der Waals surface area contributed by atoms with E-state index in [4.69, 9.17) is 11.6 Å². The van der Waals surface area contributed by atoms with Crippen LogP contribution in [0.5, 0.6) is 0 Å². The van der Waals surface area contributed by atoms with Crippen molar-refractivity contribution >= 4 is 11.6 Å². The van der Waals surface area contributed by atoms with Crippen LogP contribution in [0, 0.1) is 12.8 Å². The summed E-state index contributed by atoms with van der Waals surface area (Å²) in [6.07, 6.45) is 2.19. The molecule has 1 aromatic heterocycles. The summed E-state index contributed by atoms with van der Waals surface area (Å²) < 4.78 is 2.37. The van der Waals surface area contributed by atoms with E-state index in [0.717, 1.165) is 24.7 Å². The van der Waals surface area contributed by atoms with E-state index < -0.39 is 0 Å². The fourth-order valence-corrected chi connectivity index (χ4v) is 3.81. The Kier molecular flexibility index (Phi) is 6.98. The number of rotatable bonds is 8. The van der Waals surface area contributed by atoms with Gasteiger partial charge >= 0.3 is 0 Å². The predicted molar refractivity (Wildman–Crippen MR) is 120 cm³/mol. The lowest BCUT2D eigenvalue weighted by molar-refractivity contribution is 0.148. The average molecular weight is 395 g/mol. The van der Waals surface area contributed by atoms with E-state index in [1.54, 1.807) is 0 Å². The Morgan fingerprint density at radius 3 is 2.36 bits per heavy atom. The van der Waals surface area contributed by atoms with Crippen molar-refractivity contribution in [2.75, 3.05) is 0 Å². The molecule has 1 atom stereocenters. The first kappa shape index (κ1) is 20.7. The number of aromatic nitrogens is 1. The highest BCUT2D eigenvalue weighted by Crippen LogP contribution is 2.21. The van der Waals surface area contributed by atoms with Crippen LogP contribution in [-0.2, 0) is 19.6 Å². The number of benzene rings is 2. The van der Waals surface area contributed by atoms with Crippen LogP contribution in [0.25, 0.3) is 0 Å². The minimum atomic E-state index is 0.473.